The summed E-state index contributed by atoms with van der Waals surface area (Å²) >= 11 is 0. The van der Waals surface area contributed by atoms with Crippen molar-refractivity contribution in [1.82, 2.24) is 19.5 Å². The second-order valence-electron chi connectivity index (χ2n) is 13.7. The van der Waals surface area contributed by atoms with Crippen LogP contribution in [0.25, 0.3) is 95.0 Å². The molecule has 0 atom stereocenters. The quantitative estimate of drug-likeness (QED) is 0.166. The first kappa shape index (κ1) is 32.2. The second-order valence-corrected chi connectivity index (χ2v) is 13.7. The summed E-state index contributed by atoms with van der Waals surface area (Å²) in [6, 6.07) is 72.3. The maximum Gasteiger partial charge on any atom is 0.166 e. The van der Waals surface area contributed by atoms with Gasteiger partial charge < -0.3 is 4.57 Å². The molecule has 2 aromatic heterocycles. The summed E-state index contributed by atoms with van der Waals surface area (Å²) in [5, 5.41) is 2.39. The lowest BCUT2D eigenvalue weighted by Crippen LogP contribution is -2.04. The second kappa shape index (κ2) is 13.8. The van der Waals surface area contributed by atoms with Crippen molar-refractivity contribution in [3.63, 3.8) is 0 Å². The topological polar surface area (TPSA) is 43.6 Å². The largest absolute Gasteiger partial charge is 0.308 e. The number of hydrogen-bond donors (Lipinski definition) is 0. The molecule has 55 heavy (non-hydrogen) atoms. The lowest BCUT2D eigenvalue weighted by Gasteiger charge is -2.17. The number of para-hydroxylation sites is 2. The molecule has 4 nitrogen and oxygen atoms in total. The van der Waals surface area contributed by atoms with Gasteiger partial charge in [-0.1, -0.05) is 176 Å². The van der Waals surface area contributed by atoms with Gasteiger partial charge in [0.15, 0.2) is 17.5 Å². The first-order valence-electron chi connectivity index (χ1n) is 18.5. The SMILES string of the molecule is c1ccc(-c2ccc(-c3nc(-c4ccccc4)nc(-c4ccc(-c5cccc(-c6ccccc6)c5)cc4-n4c5ccccc5c5ccccc54)n3)cc2)cc1. The van der Waals surface area contributed by atoms with Crippen LogP contribution >= 0.6 is 0 Å². The Labute approximate surface area is 319 Å². The summed E-state index contributed by atoms with van der Waals surface area (Å²) in [5.74, 6) is 1.86. The van der Waals surface area contributed by atoms with Crippen molar-refractivity contribution in [1.29, 1.82) is 0 Å². The van der Waals surface area contributed by atoms with Crippen molar-refractivity contribution in [2.45, 2.75) is 0 Å². The number of rotatable bonds is 7. The van der Waals surface area contributed by atoms with Crippen LogP contribution in [0.5, 0.6) is 0 Å². The van der Waals surface area contributed by atoms with Gasteiger partial charge in [0.2, 0.25) is 0 Å². The molecule has 8 aromatic carbocycles. The summed E-state index contributed by atoms with van der Waals surface area (Å²) in [7, 11) is 0. The van der Waals surface area contributed by atoms with E-state index in [0.29, 0.717) is 17.5 Å². The van der Waals surface area contributed by atoms with Crippen LogP contribution in [0.15, 0.2) is 206 Å². The van der Waals surface area contributed by atoms with Crippen LogP contribution in [0.1, 0.15) is 0 Å². The zero-order valence-corrected chi connectivity index (χ0v) is 29.9. The molecule has 0 bridgehead atoms. The molecule has 0 aliphatic heterocycles. The molecule has 0 saturated carbocycles. The van der Waals surface area contributed by atoms with Crippen molar-refractivity contribution >= 4 is 21.8 Å². The van der Waals surface area contributed by atoms with Crippen molar-refractivity contribution in [3.05, 3.63) is 206 Å². The van der Waals surface area contributed by atoms with Crippen LogP contribution < -0.4 is 0 Å². The average molecular weight is 703 g/mol. The molecule has 0 aliphatic rings. The minimum Gasteiger partial charge on any atom is -0.308 e. The van der Waals surface area contributed by atoms with Gasteiger partial charge in [0.05, 0.1) is 16.7 Å². The Morgan fingerprint density at radius 1 is 0.273 bits per heavy atom. The molecule has 0 N–H and O–H groups in total. The Morgan fingerprint density at radius 2 is 0.655 bits per heavy atom. The highest BCUT2D eigenvalue weighted by Crippen LogP contribution is 2.39. The van der Waals surface area contributed by atoms with Gasteiger partial charge in [-0.15, -0.1) is 0 Å². The van der Waals surface area contributed by atoms with E-state index >= 15 is 0 Å². The van der Waals surface area contributed by atoms with Gasteiger partial charge in [0.25, 0.3) is 0 Å². The van der Waals surface area contributed by atoms with E-state index in [-0.39, 0.29) is 0 Å². The third-order valence-corrected chi connectivity index (χ3v) is 10.3. The first-order chi connectivity index (χ1) is 27.3. The molecule has 0 radical (unpaired) electrons. The zero-order valence-electron chi connectivity index (χ0n) is 29.9. The third-order valence-electron chi connectivity index (χ3n) is 10.3. The number of fused-ring (bicyclic) bond motifs is 3. The molecule has 4 heteroatoms. The van der Waals surface area contributed by atoms with Crippen molar-refractivity contribution in [2.24, 2.45) is 0 Å². The fraction of sp³-hybridized carbons (Fsp3) is 0. The monoisotopic (exact) mass is 702 g/mol. The van der Waals surface area contributed by atoms with Crippen molar-refractivity contribution in [2.75, 3.05) is 0 Å². The van der Waals surface area contributed by atoms with Crippen LogP contribution in [-0.4, -0.2) is 19.5 Å². The standard InChI is InChI=1S/C51H34N4/c1-4-15-35(16-5-1)37-27-29-39(30-28-37)50-52-49(38-19-8-3-9-20-38)53-51(54-50)45-32-31-42(41-22-14-21-40(33-41)36-17-6-2-7-18-36)34-48(45)55-46-25-12-10-23-43(46)44-24-11-13-26-47(44)55/h1-34H. The van der Waals surface area contributed by atoms with Gasteiger partial charge in [-0.3, -0.25) is 0 Å². The Kier molecular flexibility index (Phi) is 8.12. The van der Waals surface area contributed by atoms with Gasteiger partial charge >= 0.3 is 0 Å². The van der Waals surface area contributed by atoms with E-state index in [4.69, 9.17) is 15.0 Å². The molecule has 10 aromatic rings. The fourth-order valence-electron chi connectivity index (χ4n) is 7.56. The molecule has 0 spiro atoms. The molecule has 2 heterocycles. The maximum absolute atomic E-state index is 5.25. The van der Waals surface area contributed by atoms with Crippen LogP contribution in [0.4, 0.5) is 0 Å². The number of benzene rings is 8. The van der Waals surface area contributed by atoms with E-state index in [9.17, 15) is 0 Å². The minimum atomic E-state index is 0.609. The predicted molar refractivity (Wildman–Crippen MR) is 227 cm³/mol. The highest BCUT2D eigenvalue weighted by Gasteiger charge is 2.20. The third kappa shape index (κ3) is 6.06. The van der Waals surface area contributed by atoms with Crippen molar-refractivity contribution in [3.8, 4) is 73.2 Å². The Bertz CT molecular complexity index is 2900. The smallest absolute Gasteiger partial charge is 0.166 e. The minimum absolute atomic E-state index is 0.609. The summed E-state index contributed by atoms with van der Waals surface area (Å²) in [6.07, 6.45) is 0. The Balaban J connectivity index is 1.20. The summed E-state index contributed by atoms with van der Waals surface area (Å²) in [4.78, 5) is 15.5. The van der Waals surface area contributed by atoms with E-state index in [1.807, 2.05) is 24.3 Å². The van der Waals surface area contributed by atoms with Gasteiger partial charge in [-0.05, 0) is 63.7 Å². The van der Waals surface area contributed by atoms with Crippen LogP contribution in [0.3, 0.4) is 0 Å². The molecule has 0 aliphatic carbocycles. The van der Waals surface area contributed by atoms with Gasteiger partial charge in [0.1, 0.15) is 0 Å². The van der Waals surface area contributed by atoms with E-state index in [1.54, 1.807) is 0 Å². The lowest BCUT2D eigenvalue weighted by atomic mass is 9.97. The van der Waals surface area contributed by atoms with Gasteiger partial charge in [0, 0.05) is 27.5 Å². The summed E-state index contributed by atoms with van der Waals surface area (Å²) in [6.45, 7) is 0. The van der Waals surface area contributed by atoms with E-state index < -0.39 is 0 Å². The maximum atomic E-state index is 5.25. The molecular weight excluding hydrogens is 669 g/mol. The summed E-state index contributed by atoms with van der Waals surface area (Å²) < 4.78 is 2.37. The van der Waals surface area contributed by atoms with Crippen LogP contribution in [-0.2, 0) is 0 Å². The van der Waals surface area contributed by atoms with Gasteiger partial charge in [-0.2, -0.15) is 0 Å². The van der Waals surface area contributed by atoms with E-state index in [2.05, 4.69) is 187 Å². The zero-order chi connectivity index (χ0) is 36.6. The van der Waals surface area contributed by atoms with Crippen LogP contribution in [0.2, 0.25) is 0 Å². The number of aromatic nitrogens is 4. The highest BCUT2D eigenvalue weighted by molar-refractivity contribution is 6.09. The van der Waals surface area contributed by atoms with Crippen LogP contribution in [0, 0.1) is 0 Å². The molecule has 0 amide bonds. The molecular formula is C51H34N4. The highest BCUT2D eigenvalue weighted by atomic mass is 15.1. The Hall–Kier alpha value is -7.43. The Morgan fingerprint density at radius 3 is 1.25 bits per heavy atom. The molecule has 0 unspecified atom stereocenters. The first-order valence-corrected chi connectivity index (χ1v) is 18.5. The van der Waals surface area contributed by atoms with E-state index in [0.717, 1.165) is 50.1 Å². The van der Waals surface area contributed by atoms with Crippen molar-refractivity contribution < 1.29 is 0 Å². The predicted octanol–water partition coefficient (Wildman–Crippen LogP) is 13.0. The number of hydrogen-bond acceptors (Lipinski definition) is 3. The molecule has 0 fully saturated rings. The molecule has 0 saturated heterocycles. The number of nitrogens with zero attached hydrogens (tertiary/aromatic N) is 4. The normalized spacial score (nSPS) is 11.3. The molecule has 10 rings (SSSR count). The van der Waals surface area contributed by atoms with E-state index in [1.165, 1.54) is 27.5 Å². The average Bonchev–Trinajstić information content (AvgIpc) is 3.61. The fourth-order valence-corrected chi connectivity index (χ4v) is 7.56. The van der Waals surface area contributed by atoms with Gasteiger partial charge in [-0.25, -0.2) is 15.0 Å². The lowest BCUT2D eigenvalue weighted by molar-refractivity contribution is 1.06. The molecule has 258 valence electrons. The summed E-state index contributed by atoms with van der Waals surface area (Å²) in [5.41, 5.74) is 12.9.